The molecule has 16 nitrogen and oxygen atoms in total. The molecular weight excluding hydrogens is 900 g/mol. The molecule has 0 bridgehead atoms. The number of rotatable bonds is 15. The zero-order valence-electron chi connectivity index (χ0n) is 35.3. The summed E-state index contributed by atoms with van der Waals surface area (Å²) in [6.07, 6.45) is 0.233. The molecule has 2 heterocycles. The molecule has 4 aromatic carbocycles. The van der Waals surface area contributed by atoms with Crippen molar-refractivity contribution in [1.29, 1.82) is 0 Å². The van der Waals surface area contributed by atoms with Gasteiger partial charge in [0.15, 0.2) is 11.6 Å². The number of alkyl halides is 3. The lowest BCUT2D eigenvalue weighted by atomic mass is 10.1. The van der Waals surface area contributed by atoms with Crippen LogP contribution in [0.2, 0.25) is 10.0 Å². The number of nitrogens with zero attached hydrogens (tertiary/aromatic N) is 5. The topological polar surface area (TPSA) is 221 Å². The molecule has 0 spiro atoms. The van der Waals surface area contributed by atoms with Gasteiger partial charge in [0, 0.05) is 30.4 Å². The maximum atomic E-state index is 13.8. The monoisotopic (exact) mass is 940 g/mol. The normalized spacial score (nSPS) is 10.6. The van der Waals surface area contributed by atoms with Crippen LogP contribution in [-0.2, 0) is 20.6 Å². The van der Waals surface area contributed by atoms with Gasteiger partial charge >= 0.3 is 6.18 Å². The summed E-state index contributed by atoms with van der Waals surface area (Å²) >= 11 is 12.5. The number of carbonyl (C=O) groups excluding carboxylic acids is 4. The van der Waals surface area contributed by atoms with Gasteiger partial charge in [0.1, 0.15) is 10.0 Å². The lowest BCUT2D eigenvalue weighted by Crippen LogP contribution is -2.28. The Bertz CT molecular complexity index is 2810. The van der Waals surface area contributed by atoms with Crippen LogP contribution >= 0.6 is 23.2 Å². The zero-order chi connectivity index (χ0) is 48.1. The van der Waals surface area contributed by atoms with Crippen LogP contribution in [0.15, 0.2) is 123 Å². The van der Waals surface area contributed by atoms with Gasteiger partial charge in [0.25, 0.3) is 0 Å². The molecule has 0 radical (unpaired) electrons. The van der Waals surface area contributed by atoms with Gasteiger partial charge in [-0.05, 0) is 86.2 Å². The Morgan fingerprint density at radius 1 is 0.697 bits per heavy atom. The minimum absolute atomic E-state index is 0.0911. The van der Waals surface area contributed by atoms with Gasteiger partial charge in [-0.25, -0.2) is 9.97 Å². The second kappa shape index (κ2) is 22.0. The van der Waals surface area contributed by atoms with E-state index < -0.39 is 23.6 Å². The number of aromatic nitrogens is 4. The lowest BCUT2D eigenvalue weighted by molar-refractivity contribution is -0.137. The van der Waals surface area contributed by atoms with E-state index in [0.717, 1.165) is 17.7 Å². The quantitative estimate of drug-likeness (QED) is 0.0478. The molecule has 2 aromatic heterocycles. The van der Waals surface area contributed by atoms with Crippen molar-refractivity contribution < 1.29 is 32.3 Å². The number of amides is 4. The standard InChI is InChI=1S/C24H22ClF3N6O2.C21H19ClN6O2/c1-4-21(36)30-19-8-6-7-9-20(19)31-22-17(25)13-29-23(33-22)32-18-11-10-15(34(5-2)14(3)35)12-16(18)24(26,27)28;1-3-18(29)25-15-6-4-5-7-16(15)26-20-14(22)11-24-21(28-20)27-17-10-13(19(23)30)9-8-12(17)2/h4,6-13H,1,5H2,2-3H3,(H,30,36)(H2,29,31,32,33);3-11H,1H2,2H3,(H2,23,30)(H,25,29)(H2,24,26,27,28). The molecule has 8 N–H and O–H groups in total. The molecule has 0 aliphatic heterocycles. The van der Waals surface area contributed by atoms with Crippen LogP contribution in [0.25, 0.3) is 0 Å². The Morgan fingerprint density at radius 2 is 1.18 bits per heavy atom. The minimum Gasteiger partial charge on any atom is -0.366 e. The molecule has 4 amide bonds. The van der Waals surface area contributed by atoms with Crippen LogP contribution in [0.3, 0.4) is 0 Å². The fourth-order valence-electron chi connectivity index (χ4n) is 5.84. The molecule has 340 valence electrons. The number of nitrogens with two attached hydrogens (primary N) is 1. The van der Waals surface area contributed by atoms with Gasteiger partial charge < -0.3 is 42.5 Å². The fourth-order valence-corrected chi connectivity index (χ4v) is 6.11. The van der Waals surface area contributed by atoms with E-state index in [9.17, 15) is 32.3 Å². The average Bonchev–Trinajstić information content (AvgIpc) is 3.28. The third kappa shape index (κ3) is 13.0. The molecule has 6 aromatic rings. The lowest BCUT2D eigenvalue weighted by Gasteiger charge is -2.22. The highest BCUT2D eigenvalue weighted by atomic mass is 35.5. The van der Waals surface area contributed by atoms with E-state index in [1.807, 2.05) is 6.92 Å². The van der Waals surface area contributed by atoms with E-state index in [1.54, 1.807) is 73.7 Å². The summed E-state index contributed by atoms with van der Waals surface area (Å²) in [4.78, 5) is 64.6. The summed E-state index contributed by atoms with van der Waals surface area (Å²) in [5.41, 5.74) is 8.01. The number of para-hydroxylation sites is 4. The smallest absolute Gasteiger partial charge is 0.366 e. The molecule has 66 heavy (non-hydrogen) atoms. The van der Waals surface area contributed by atoms with E-state index >= 15 is 0 Å². The largest absolute Gasteiger partial charge is 0.418 e. The van der Waals surface area contributed by atoms with Gasteiger partial charge in [-0.2, -0.15) is 23.1 Å². The minimum atomic E-state index is -4.72. The molecule has 0 atom stereocenters. The highest BCUT2D eigenvalue weighted by molar-refractivity contribution is 6.33. The molecule has 0 fully saturated rings. The van der Waals surface area contributed by atoms with Crippen LogP contribution in [0, 0.1) is 6.92 Å². The summed E-state index contributed by atoms with van der Waals surface area (Å²) in [7, 11) is 0. The highest BCUT2D eigenvalue weighted by Crippen LogP contribution is 2.39. The van der Waals surface area contributed by atoms with Gasteiger partial charge in [0.2, 0.25) is 35.5 Å². The first-order valence-corrected chi connectivity index (χ1v) is 20.2. The van der Waals surface area contributed by atoms with Gasteiger partial charge in [0.05, 0.1) is 46.4 Å². The van der Waals surface area contributed by atoms with Crippen molar-refractivity contribution in [2.75, 3.05) is 43.3 Å². The average molecular weight is 942 g/mol. The first kappa shape index (κ1) is 49.0. The predicted octanol–water partition coefficient (Wildman–Crippen LogP) is 10.3. The van der Waals surface area contributed by atoms with Crippen LogP contribution in [0.1, 0.15) is 35.3 Å². The van der Waals surface area contributed by atoms with Crippen LogP contribution in [0.4, 0.5) is 76.5 Å². The number of halogens is 5. The molecule has 6 rings (SSSR count). The molecule has 0 saturated carbocycles. The highest BCUT2D eigenvalue weighted by Gasteiger charge is 2.35. The van der Waals surface area contributed by atoms with Crippen molar-refractivity contribution in [2.45, 2.75) is 26.9 Å². The number of anilines is 11. The maximum absolute atomic E-state index is 13.8. The summed E-state index contributed by atoms with van der Waals surface area (Å²) in [5.74, 6) is -1.17. The molecule has 0 saturated heterocycles. The second-order valence-corrected chi connectivity index (χ2v) is 14.5. The molecule has 0 unspecified atom stereocenters. The fraction of sp³-hybridized carbons (Fsp3) is 0.111. The summed E-state index contributed by atoms with van der Waals surface area (Å²) in [6.45, 7) is 11.9. The number of nitrogens with one attached hydrogen (secondary N) is 6. The second-order valence-electron chi connectivity index (χ2n) is 13.6. The van der Waals surface area contributed by atoms with E-state index in [0.29, 0.717) is 39.8 Å². The number of hydrogen-bond acceptors (Lipinski definition) is 12. The number of hydrogen-bond donors (Lipinski definition) is 7. The van der Waals surface area contributed by atoms with Gasteiger partial charge in [-0.3, -0.25) is 19.2 Å². The van der Waals surface area contributed by atoms with Crippen molar-refractivity contribution in [2.24, 2.45) is 5.73 Å². The summed E-state index contributed by atoms with van der Waals surface area (Å²) in [6, 6.07) is 22.3. The van der Waals surface area contributed by atoms with E-state index in [4.69, 9.17) is 28.9 Å². The maximum Gasteiger partial charge on any atom is 0.418 e. The Balaban J connectivity index is 0.000000251. The predicted molar refractivity (Wildman–Crippen MR) is 253 cm³/mol. The van der Waals surface area contributed by atoms with Crippen LogP contribution in [0.5, 0.6) is 0 Å². The van der Waals surface area contributed by atoms with Crippen LogP contribution in [-0.4, -0.2) is 50.1 Å². The summed E-state index contributed by atoms with van der Waals surface area (Å²) < 4.78 is 41.5. The molecule has 0 aliphatic rings. The Labute approximate surface area is 386 Å². The molecular formula is C45H41Cl2F3N12O4. The van der Waals surface area contributed by atoms with Crippen molar-refractivity contribution in [1.82, 2.24) is 19.9 Å². The Hall–Kier alpha value is -8.03. The Kier molecular flexibility index (Phi) is 16.4. The number of aryl methyl sites for hydroxylation is 1. The van der Waals surface area contributed by atoms with Gasteiger partial charge in [-0.15, -0.1) is 0 Å². The molecule has 21 heteroatoms. The zero-order valence-corrected chi connectivity index (χ0v) is 36.9. The third-order valence-corrected chi connectivity index (χ3v) is 9.62. The first-order valence-electron chi connectivity index (χ1n) is 19.5. The summed E-state index contributed by atoms with van der Waals surface area (Å²) in [5, 5.41) is 17.4. The number of primary amides is 1. The number of carbonyl (C=O) groups is 4. The van der Waals surface area contributed by atoms with Crippen molar-refractivity contribution >= 4 is 110 Å². The first-order chi connectivity index (χ1) is 31.4. The van der Waals surface area contributed by atoms with Crippen molar-refractivity contribution in [3.63, 3.8) is 0 Å². The van der Waals surface area contributed by atoms with Gasteiger partial charge in [-0.1, -0.05) is 66.7 Å². The van der Waals surface area contributed by atoms with E-state index in [1.165, 1.54) is 42.4 Å². The van der Waals surface area contributed by atoms with E-state index in [2.05, 4.69) is 65.0 Å². The molecule has 0 aliphatic carbocycles. The van der Waals surface area contributed by atoms with Crippen LogP contribution < -0.4 is 42.5 Å². The third-order valence-electron chi connectivity index (χ3n) is 9.07. The Morgan fingerprint density at radius 3 is 1.62 bits per heavy atom. The van der Waals surface area contributed by atoms with Crippen molar-refractivity contribution in [3.05, 3.63) is 149 Å². The van der Waals surface area contributed by atoms with Crippen molar-refractivity contribution in [3.8, 4) is 0 Å². The SMILES string of the molecule is C=CC(=O)Nc1ccccc1Nc1nc(Nc2cc(C(N)=O)ccc2C)ncc1Cl.C=CC(=O)Nc1ccccc1Nc1nc(Nc2ccc(N(CC)C(C)=O)cc2C(F)(F)F)ncc1Cl. The number of benzene rings is 4. The van der Waals surface area contributed by atoms with E-state index in [-0.39, 0.29) is 57.5 Å².